The number of rotatable bonds is 10. The number of hydrogen-bond donors (Lipinski definition) is 2. The average Bonchev–Trinajstić information content (AvgIpc) is 3.58. The lowest BCUT2D eigenvalue weighted by molar-refractivity contribution is 0.0670. The van der Waals surface area contributed by atoms with E-state index in [1.807, 2.05) is 60.7 Å². The Hall–Kier alpha value is -4.73. The molecule has 4 aromatic carbocycles. The van der Waals surface area contributed by atoms with Gasteiger partial charge in [-0.25, -0.2) is 0 Å². The van der Waals surface area contributed by atoms with Crippen molar-refractivity contribution in [3.05, 3.63) is 90.0 Å². The van der Waals surface area contributed by atoms with E-state index in [0.29, 0.717) is 36.7 Å². The lowest BCUT2D eigenvalue weighted by Crippen LogP contribution is -2.36. The molecule has 9 nitrogen and oxygen atoms in total. The van der Waals surface area contributed by atoms with Gasteiger partial charge in [0.15, 0.2) is 11.5 Å². The fourth-order valence-corrected chi connectivity index (χ4v) is 6.11. The predicted octanol–water partition coefficient (Wildman–Crippen LogP) is 6.69. The van der Waals surface area contributed by atoms with Gasteiger partial charge in [0.2, 0.25) is 0 Å². The Bertz CT molecular complexity index is 1680. The van der Waals surface area contributed by atoms with Crippen molar-refractivity contribution in [2.75, 3.05) is 68.8 Å². The highest BCUT2D eigenvalue weighted by atomic mass is 16.5. The van der Waals surface area contributed by atoms with Crippen molar-refractivity contribution in [1.29, 1.82) is 0 Å². The van der Waals surface area contributed by atoms with Crippen LogP contribution >= 0.6 is 0 Å². The molecular formula is C37H39N3O6. The first-order chi connectivity index (χ1) is 22.6. The Balaban J connectivity index is 1.00. The van der Waals surface area contributed by atoms with Gasteiger partial charge in [0.25, 0.3) is 5.91 Å². The molecule has 0 aromatic heterocycles. The number of ether oxygens (including phenoxy) is 5. The summed E-state index contributed by atoms with van der Waals surface area (Å²) in [6.45, 7) is 5.17. The number of morpholine rings is 1. The lowest BCUT2D eigenvalue weighted by atomic mass is 10.0. The van der Waals surface area contributed by atoms with Gasteiger partial charge < -0.3 is 39.2 Å². The molecule has 46 heavy (non-hydrogen) atoms. The molecule has 9 heteroatoms. The van der Waals surface area contributed by atoms with Gasteiger partial charge in [0, 0.05) is 31.8 Å². The van der Waals surface area contributed by atoms with Crippen molar-refractivity contribution >= 4 is 28.7 Å². The van der Waals surface area contributed by atoms with Crippen LogP contribution < -0.4 is 29.7 Å². The number of amides is 1. The van der Waals surface area contributed by atoms with Crippen molar-refractivity contribution in [3.8, 4) is 28.4 Å². The minimum Gasteiger partial charge on any atom is -0.493 e. The Morgan fingerprint density at radius 3 is 2.43 bits per heavy atom. The third-order valence-electron chi connectivity index (χ3n) is 8.68. The van der Waals surface area contributed by atoms with Crippen LogP contribution in [0.25, 0.3) is 11.1 Å². The normalized spacial score (nSPS) is 17.3. The summed E-state index contributed by atoms with van der Waals surface area (Å²) in [4.78, 5) is 15.6. The number of fused-ring (bicyclic) bond motifs is 2. The van der Waals surface area contributed by atoms with Crippen LogP contribution in [-0.2, 0) is 15.9 Å². The SMILES string of the molecule is COc1cc(-c2ccc3c(c2)Nc2ccc(CCOc4ccc(N5CCOCC5)cc4)cc2NC3=O)ccc1OCC1CCCO1. The summed E-state index contributed by atoms with van der Waals surface area (Å²) in [5, 5.41) is 6.56. The number of benzene rings is 4. The lowest BCUT2D eigenvalue weighted by Gasteiger charge is -2.28. The maximum atomic E-state index is 13.3. The second-order valence-electron chi connectivity index (χ2n) is 11.7. The fourth-order valence-electron chi connectivity index (χ4n) is 6.11. The van der Waals surface area contributed by atoms with Crippen molar-refractivity contribution in [2.45, 2.75) is 25.4 Å². The summed E-state index contributed by atoms with van der Waals surface area (Å²) in [6.07, 6.45) is 2.92. The quantitative estimate of drug-likeness (QED) is 0.203. The zero-order valence-corrected chi connectivity index (χ0v) is 26.1. The Morgan fingerprint density at radius 2 is 1.63 bits per heavy atom. The van der Waals surface area contributed by atoms with Crippen LogP contribution in [0, 0.1) is 0 Å². The molecule has 0 bridgehead atoms. The molecule has 3 aliphatic rings. The molecule has 2 N–H and O–H groups in total. The molecule has 1 amide bonds. The van der Waals surface area contributed by atoms with Crippen molar-refractivity contribution in [2.24, 2.45) is 0 Å². The topological polar surface area (TPSA) is 90.5 Å². The first kappa shape index (κ1) is 30.0. The molecule has 3 heterocycles. The van der Waals surface area contributed by atoms with Gasteiger partial charge in [-0.15, -0.1) is 0 Å². The van der Waals surface area contributed by atoms with Gasteiger partial charge in [-0.05, 0) is 90.2 Å². The van der Waals surface area contributed by atoms with E-state index in [2.05, 4.69) is 33.7 Å². The molecule has 0 aliphatic carbocycles. The largest absolute Gasteiger partial charge is 0.493 e. The van der Waals surface area contributed by atoms with Crippen LogP contribution in [0.15, 0.2) is 78.9 Å². The van der Waals surface area contributed by atoms with E-state index in [0.717, 1.165) is 85.3 Å². The van der Waals surface area contributed by atoms with Gasteiger partial charge in [-0.1, -0.05) is 18.2 Å². The highest BCUT2D eigenvalue weighted by Gasteiger charge is 2.21. The summed E-state index contributed by atoms with van der Waals surface area (Å²) in [5.41, 5.74) is 7.07. The second kappa shape index (κ2) is 13.7. The Labute approximate surface area is 269 Å². The first-order valence-electron chi connectivity index (χ1n) is 16.0. The van der Waals surface area contributed by atoms with E-state index in [-0.39, 0.29) is 12.0 Å². The molecule has 4 aromatic rings. The summed E-state index contributed by atoms with van der Waals surface area (Å²) >= 11 is 0. The number of nitrogens with zero attached hydrogens (tertiary/aromatic N) is 1. The van der Waals surface area contributed by atoms with Crippen molar-refractivity contribution in [1.82, 2.24) is 0 Å². The van der Waals surface area contributed by atoms with E-state index in [9.17, 15) is 4.79 Å². The highest BCUT2D eigenvalue weighted by molar-refractivity contribution is 6.12. The summed E-state index contributed by atoms with van der Waals surface area (Å²) in [6, 6.07) is 26.0. The zero-order valence-electron chi connectivity index (χ0n) is 26.1. The van der Waals surface area contributed by atoms with Gasteiger partial charge in [-0.2, -0.15) is 0 Å². The minimum atomic E-state index is -0.156. The smallest absolute Gasteiger partial charge is 0.257 e. The molecule has 0 saturated carbocycles. The van der Waals surface area contributed by atoms with Crippen molar-refractivity contribution in [3.63, 3.8) is 0 Å². The molecule has 3 aliphatic heterocycles. The summed E-state index contributed by atoms with van der Waals surface area (Å²) in [5.74, 6) is 2.03. The first-order valence-corrected chi connectivity index (χ1v) is 16.0. The monoisotopic (exact) mass is 621 g/mol. The maximum absolute atomic E-state index is 13.3. The molecule has 2 saturated heterocycles. The molecule has 0 radical (unpaired) electrons. The number of methoxy groups -OCH3 is 1. The zero-order chi connectivity index (χ0) is 31.3. The fraction of sp³-hybridized carbons (Fsp3) is 0.324. The molecule has 1 atom stereocenters. The Kier molecular flexibility index (Phi) is 8.94. The van der Waals surface area contributed by atoms with Gasteiger partial charge >= 0.3 is 0 Å². The average molecular weight is 622 g/mol. The molecule has 2 fully saturated rings. The molecular weight excluding hydrogens is 582 g/mol. The van der Waals surface area contributed by atoms with Crippen LogP contribution in [0.4, 0.5) is 22.7 Å². The minimum absolute atomic E-state index is 0.127. The number of hydrogen-bond acceptors (Lipinski definition) is 8. The van der Waals surface area contributed by atoms with Crippen LogP contribution in [0.3, 0.4) is 0 Å². The van der Waals surface area contributed by atoms with Crippen LogP contribution in [-0.4, -0.2) is 65.2 Å². The standard InChI is InChI=1S/C37H39N3O6/c1-42-36-23-27(6-13-35(36)46-24-30-3-2-17-44-30)26-5-11-31-33(22-26)38-32-12-4-25(21-34(32)39-37(31)41)14-18-45-29-9-7-28(8-10-29)40-15-19-43-20-16-40/h4-13,21-23,30,38H,2-3,14-20,24H2,1H3,(H,39,41). The van der Waals surface area contributed by atoms with E-state index in [4.69, 9.17) is 23.7 Å². The highest BCUT2D eigenvalue weighted by Crippen LogP contribution is 2.38. The number of carbonyl (C=O) groups is 1. The third kappa shape index (κ3) is 6.76. The number of anilines is 4. The van der Waals surface area contributed by atoms with Gasteiger partial charge in [-0.3, -0.25) is 4.79 Å². The molecule has 1 unspecified atom stereocenters. The second-order valence-corrected chi connectivity index (χ2v) is 11.7. The maximum Gasteiger partial charge on any atom is 0.257 e. The molecule has 0 spiro atoms. The molecule has 238 valence electrons. The summed E-state index contributed by atoms with van der Waals surface area (Å²) < 4.78 is 28.8. The van der Waals surface area contributed by atoms with Crippen LogP contribution in [0.2, 0.25) is 0 Å². The van der Waals surface area contributed by atoms with Gasteiger partial charge in [0.05, 0.1) is 55.7 Å². The third-order valence-corrected chi connectivity index (χ3v) is 8.68. The number of carbonyl (C=O) groups excluding carboxylic acids is 1. The van der Waals surface area contributed by atoms with E-state index < -0.39 is 0 Å². The number of nitrogens with one attached hydrogen (secondary N) is 2. The molecule has 7 rings (SSSR count). The summed E-state index contributed by atoms with van der Waals surface area (Å²) in [7, 11) is 1.64. The van der Waals surface area contributed by atoms with E-state index in [1.54, 1.807) is 7.11 Å². The van der Waals surface area contributed by atoms with E-state index >= 15 is 0 Å². The van der Waals surface area contributed by atoms with Crippen LogP contribution in [0.5, 0.6) is 17.2 Å². The van der Waals surface area contributed by atoms with Gasteiger partial charge in [0.1, 0.15) is 12.4 Å². The van der Waals surface area contributed by atoms with Crippen molar-refractivity contribution < 1.29 is 28.5 Å². The van der Waals surface area contributed by atoms with E-state index in [1.165, 1.54) is 5.69 Å². The predicted molar refractivity (Wildman–Crippen MR) is 179 cm³/mol. The van der Waals surface area contributed by atoms with Crippen LogP contribution in [0.1, 0.15) is 28.8 Å². The Morgan fingerprint density at radius 1 is 0.804 bits per heavy atom.